The number of esters is 3. The highest BCUT2D eigenvalue weighted by molar-refractivity contribution is 5.71. The first-order chi connectivity index (χ1) is 37.0. The topological polar surface area (TPSA) is 78.9 Å². The Morgan fingerprint density at radius 1 is 0.280 bits per heavy atom. The molecular formula is C69H116O6. The van der Waals surface area contributed by atoms with E-state index >= 15 is 0 Å². The first-order valence-corrected chi connectivity index (χ1v) is 31.4. The second-order valence-corrected chi connectivity index (χ2v) is 20.6. The standard InChI is InChI=1S/C69H116O6/c1-4-7-10-13-16-19-22-24-26-27-28-29-30-31-32-33-34-35-36-37-38-39-40-41-42-43-44-46-47-50-53-56-59-62-68(71)74-65-66(64-73-67(70)61-58-55-52-49-21-18-15-12-9-6-3)75-69(72)63-60-57-54-51-48-45-25-23-20-17-14-11-8-5-2/h7,10,12,15-16,19,24,26,28-29,31-32,34-35,37-38,40-41,66H,4-6,8-9,11,13-14,17-18,20-23,25,27,30,33,36,39,42-65H2,1-3H3/b10-7-,15-12-,19-16-,26-24-,29-28-,32-31-,35-34-,38-37-,41-40-. The van der Waals surface area contributed by atoms with Crippen LogP contribution in [0.25, 0.3) is 0 Å². The molecule has 0 heterocycles. The van der Waals surface area contributed by atoms with Crippen molar-refractivity contribution in [2.24, 2.45) is 0 Å². The molecule has 0 aliphatic heterocycles. The number of rotatable bonds is 56. The van der Waals surface area contributed by atoms with E-state index in [4.69, 9.17) is 14.2 Å². The van der Waals surface area contributed by atoms with Gasteiger partial charge < -0.3 is 14.2 Å². The fourth-order valence-corrected chi connectivity index (χ4v) is 8.58. The van der Waals surface area contributed by atoms with Crippen LogP contribution in [-0.2, 0) is 28.6 Å². The third-order valence-electron chi connectivity index (χ3n) is 13.2. The van der Waals surface area contributed by atoms with Crippen LogP contribution in [0.5, 0.6) is 0 Å². The molecule has 6 nitrogen and oxygen atoms in total. The minimum absolute atomic E-state index is 0.0827. The van der Waals surface area contributed by atoms with Crippen molar-refractivity contribution in [2.75, 3.05) is 13.2 Å². The zero-order chi connectivity index (χ0) is 54.3. The van der Waals surface area contributed by atoms with E-state index in [9.17, 15) is 14.4 Å². The van der Waals surface area contributed by atoms with Crippen LogP contribution >= 0.6 is 0 Å². The molecule has 6 heteroatoms. The van der Waals surface area contributed by atoms with Crippen molar-refractivity contribution >= 4 is 17.9 Å². The summed E-state index contributed by atoms with van der Waals surface area (Å²) in [6.45, 7) is 6.46. The van der Waals surface area contributed by atoms with Gasteiger partial charge in [0.1, 0.15) is 13.2 Å². The van der Waals surface area contributed by atoms with Gasteiger partial charge in [0.25, 0.3) is 0 Å². The van der Waals surface area contributed by atoms with Crippen LogP contribution in [0.2, 0.25) is 0 Å². The minimum Gasteiger partial charge on any atom is -0.462 e. The molecular weight excluding hydrogens is 925 g/mol. The number of hydrogen-bond acceptors (Lipinski definition) is 6. The van der Waals surface area contributed by atoms with Crippen LogP contribution < -0.4 is 0 Å². The van der Waals surface area contributed by atoms with Crippen LogP contribution in [-0.4, -0.2) is 37.2 Å². The van der Waals surface area contributed by atoms with Crippen LogP contribution in [0.1, 0.15) is 290 Å². The van der Waals surface area contributed by atoms with Gasteiger partial charge in [-0.15, -0.1) is 0 Å². The summed E-state index contributed by atoms with van der Waals surface area (Å²) in [7, 11) is 0. The first kappa shape index (κ1) is 71.1. The van der Waals surface area contributed by atoms with Crippen LogP contribution in [0.15, 0.2) is 109 Å². The number of carbonyl (C=O) groups is 3. The van der Waals surface area contributed by atoms with E-state index in [2.05, 4.69) is 130 Å². The van der Waals surface area contributed by atoms with Gasteiger partial charge in [-0.05, 0) is 103 Å². The summed E-state index contributed by atoms with van der Waals surface area (Å²) in [5.74, 6) is -0.895. The molecule has 0 bridgehead atoms. The molecule has 0 aliphatic rings. The fraction of sp³-hybridized carbons (Fsp3) is 0.696. The second-order valence-electron chi connectivity index (χ2n) is 20.6. The lowest BCUT2D eigenvalue weighted by molar-refractivity contribution is -0.167. The number of hydrogen-bond donors (Lipinski definition) is 0. The lowest BCUT2D eigenvalue weighted by atomic mass is 10.0. The lowest BCUT2D eigenvalue weighted by Gasteiger charge is -2.18. The van der Waals surface area contributed by atoms with E-state index in [1.165, 1.54) is 122 Å². The van der Waals surface area contributed by atoms with Gasteiger partial charge in [0.05, 0.1) is 0 Å². The predicted octanol–water partition coefficient (Wildman–Crippen LogP) is 21.4. The predicted molar refractivity (Wildman–Crippen MR) is 325 cm³/mol. The Balaban J connectivity index is 4.19. The number of ether oxygens (including phenoxy) is 3. The molecule has 1 unspecified atom stereocenters. The average Bonchev–Trinajstić information content (AvgIpc) is 3.41. The monoisotopic (exact) mass is 1040 g/mol. The first-order valence-electron chi connectivity index (χ1n) is 31.4. The van der Waals surface area contributed by atoms with E-state index in [1.54, 1.807) is 0 Å². The molecule has 0 rings (SSSR count). The number of carbonyl (C=O) groups excluding carboxylic acids is 3. The zero-order valence-corrected chi connectivity index (χ0v) is 49.0. The SMILES string of the molecule is CC/C=C\C/C=C\C/C=C\C/C=C\C/C=C\C/C=C\C/C=C\C/C=C\CCCCCCCCCCC(=O)OCC(COC(=O)CCCCCCC/C=C\CCC)OC(=O)CCCCCCCCCCCCCCCC. The Hall–Kier alpha value is -3.93. The third-order valence-corrected chi connectivity index (χ3v) is 13.2. The summed E-state index contributed by atoms with van der Waals surface area (Å²) in [6, 6.07) is 0. The Labute approximate surface area is 463 Å². The van der Waals surface area contributed by atoms with Gasteiger partial charge in [0, 0.05) is 19.3 Å². The molecule has 1 atom stereocenters. The Morgan fingerprint density at radius 2 is 0.547 bits per heavy atom. The normalized spacial score (nSPS) is 12.8. The average molecular weight is 1040 g/mol. The molecule has 0 N–H and O–H groups in total. The molecule has 428 valence electrons. The molecule has 0 saturated heterocycles. The van der Waals surface area contributed by atoms with E-state index in [1.807, 2.05) is 0 Å². The van der Waals surface area contributed by atoms with Crippen LogP contribution in [0.4, 0.5) is 0 Å². The van der Waals surface area contributed by atoms with E-state index in [-0.39, 0.29) is 31.1 Å². The summed E-state index contributed by atoms with van der Waals surface area (Å²) in [4.78, 5) is 38.1. The highest BCUT2D eigenvalue weighted by Gasteiger charge is 2.19. The van der Waals surface area contributed by atoms with Gasteiger partial charge in [-0.25, -0.2) is 0 Å². The van der Waals surface area contributed by atoms with Crippen molar-refractivity contribution in [1.82, 2.24) is 0 Å². The highest BCUT2D eigenvalue weighted by atomic mass is 16.6. The van der Waals surface area contributed by atoms with Gasteiger partial charge in [0.2, 0.25) is 0 Å². The van der Waals surface area contributed by atoms with Gasteiger partial charge in [0.15, 0.2) is 6.10 Å². The number of unbranched alkanes of at least 4 members (excludes halogenated alkanes) is 27. The Bertz CT molecular complexity index is 1520. The number of allylic oxidation sites excluding steroid dienone is 18. The maximum Gasteiger partial charge on any atom is 0.306 e. The van der Waals surface area contributed by atoms with Crippen molar-refractivity contribution in [3.63, 3.8) is 0 Å². The molecule has 0 aromatic carbocycles. The van der Waals surface area contributed by atoms with Crippen molar-refractivity contribution in [2.45, 2.75) is 297 Å². The van der Waals surface area contributed by atoms with Gasteiger partial charge in [-0.3, -0.25) is 14.4 Å². The second kappa shape index (κ2) is 62.6. The van der Waals surface area contributed by atoms with Crippen molar-refractivity contribution in [3.05, 3.63) is 109 Å². The van der Waals surface area contributed by atoms with E-state index < -0.39 is 6.10 Å². The summed E-state index contributed by atoms with van der Waals surface area (Å²) in [6.07, 6.45) is 85.3. The molecule has 0 aromatic rings. The molecule has 0 aliphatic carbocycles. The van der Waals surface area contributed by atoms with Crippen molar-refractivity contribution in [1.29, 1.82) is 0 Å². The summed E-state index contributed by atoms with van der Waals surface area (Å²) < 4.78 is 16.8. The quantitative estimate of drug-likeness (QED) is 0.0261. The Kier molecular flexibility index (Phi) is 59.3. The van der Waals surface area contributed by atoms with Crippen molar-refractivity contribution in [3.8, 4) is 0 Å². The molecule has 0 fully saturated rings. The molecule has 0 spiro atoms. The fourth-order valence-electron chi connectivity index (χ4n) is 8.58. The summed E-state index contributed by atoms with van der Waals surface area (Å²) in [5.41, 5.74) is 0. The zero-order valence-electron chi connectivity index (χ0n) is 49.0. The van der Waals surface area contributed by atoms with Gasteiger partial charge >= 0.3 is 17.9 Å². The molecule has 0 radical (unpaired) electrons. The molecule has 0 amide bonds. The molecule has 0 saturated carbocycles. The van der Waals surface area contributed by atoms with Gasteiger partial charge in [-0.1, -0.05) is 278 Å². The summed E-state index contributed by atoms with van der Waals surface area (Å²) >= 11 is 0. The van der Waals surface area contributed by atoms with E-state index in [0.717, 1.165) is 128 Å². The van der Waals surface area contributed by atoms with Crippen LogP contribution in [0.3, 0.4) is 0 Å². The highest BCUT2D eigenvalue weighted by Crippen LogP contribution is 2.16. The van der Waals surface area contributed by atoms with Crippen molar-refractivity contribution < 1.29 is 28.6 Å². The minimum atomic E-state index is -0.783. The largest absolute Gasteiger partial charge is 0.462 e. The molecule has 0 aromatic heterocycles. The summed E-state index contributed by atoms with van der Waals surface area (Å²) in [5, 5.41) is 0. The lowest BCUT2D eigenvalue weighted by Crippen LogP contribution is -2.30. The smallest absolute Gasteiger partial charge is 0.306 e. The molecule has 75 heavy (non-hydrogen) atoms. The maximum absolute atomic E-state index is 12.8. The van der Waals surface area contributed by atoms with E-state index in [0.29, 0.717) is 19.3 Å². The van der Waals surface area contributed by atoms with Crippen LogP contribution in [0, 0.1) is 0 Å². The van der Waals surface area contributed by atoms with Gasteiger partial charge in [-0.2, -0.15) is 0 Å². The third kappa shape index (κ3) is 60.8. The maximum atomic E-state index is 12.8. The Morgan fingerprint density at radius 3 is 0.880 bits per heavy atom.